The van der Waals surface area contributed by atoms with E-state index in [0.717, 1.165) is 37.9 Å². The molecule has 280 valence electrons. The molecular formula is C37H34F8N6O2. The number of alkyl halides is 6. The van der Waals surface area contributed by atoms with Gasteiger partial charge in [0.15, 0.2) is 5.82 Å². The molecule has 1 aromatic heterocycles. The van der Waals surface area contributed by atoms with Gasteiger partial charge in [-0.25, -0.2) is 8.78 Å². The van der Waals surface area contributed by atoms with Gasteiger partial charge in [-0.05, 0) is 68.8 Å². The van der Waals surface area contributed by atoms with E-state index in [-0.39, 0.29) is 41.2 Å². The predicted molar refractivity (Wildman–Crippen MR) is 179 cm³/mol. The van der Waals surface area contributed by atoms with Gasteiger partial charge in [-0.15, -0.1) is 0 Å². The third-order valence-corrected chi connectivity index (χ3v) is 11.3. The van der Waals surface area contributed by atoms with Crippen molar-refractivity contribution in [2.45, 2.75) is 69.5 Å². The van der Waals surface area contributed by atoms with Gasteiger partial charge in [0, 0.05) is 60.7 Å². The summed E-state index contributed by atoms with van der Waals surface area (Å²) in [6.07, 6.45) is -6.99. The molecule has 1 amide bonds. The molecule has 0 radical (unpaired) electrons. The van der Waals surface area contributed by atoms with Crippen LogP contribution in [0, 0.1) is 28.4 Å². The first kappa shape index (κ1) is 36.6. The minimum Gasteiger partial charge on any atom is -0.462 e. The third-order valence-electron chi connectivity index (χ3n) is 11.3. The first-order valence-corrected chi connectivity index (χ1v) is 17.0. The van der Waals surface area contributed by atoms with Gasteiger partial charge in [0.2, 0.25) is 5.91 Å². The third kappa shape index (κ3) is 6.16. The van der Waals surface area contributed by atoms with Gasteiger partial charge < -0.3 is 14.5 Å². The average Bonchev–Trinajstić information content (AvgIpc) is 3.39. The fourth-order valence-electron chi connectivity index (χ4n) is 8.38. The monoisotopic (exact) mass is 746 g/mol. The van der Waals surface area contributed by atoms with Crippen molar-refractivity contribution in [1.82, 2.24) is 19.8 Å². The predicted octanol–water partition coefficient (Wildman–Crippen LogP) is 7.46. The molecule has 3 heterocycles. The lowest BCUT2D eigenvalue weighted by Gasteiger charge is -2.32. The van der Waals surface area contributed by atoms with E-state index >= 15 is 22.0 Å². The molecule has 8 nitrogen and oxygen atoms in total. The number of likely N-dealkylation sites (N-methyl/N-ethyl adjacent to an activating group) is 2. The molecule has 0 N–H and O–H groups in total. The van der Waals surface area contributed by atoms with Crippen LogP contribution in [0.3, 0.4) is 0 Å². The second kappa shape index (κ2) is 12.7. The van der Waals surface area contributed by atoms with Gasteiger partial charge in [-0.3, -0.25) is 9.69 Å². The SMILES string of the molecule is C=CC(=O)N1CCC(N(C)c2nc(OC[C@@H]3CC4(CC4)CN3C)nc3c(F)c(-c4ccc(F)c5c4C(C#N)=C(C(F)(F)F)C5)c(C(F)(F)F)cc23)[C@H]1C. The van der Waals surface area contributed by atoms with Crippen molar-refractivity contribution >= 4 is 28.2 Å². The van der Waals surface area contributed by atoms with E-state index in [2.05, 4.69) is 21.4 Å². The maximum Gasteiger partial charge on any atom is 0.417 e. The van der Waals surface area contributed by atoms with Crippen molar-refractivity contribution in [3.8, 4) is 23.2 Å². The lowest BCUT2D eigenvalue weighted by Crippen LogP contribution is -2.43. The van der Waals surface area contributed by atoms with E-state index in [1.165, 1.54) is 6.07 Å². The molecule has 1 spiro atoms. The lowest BCUT2D eigenvalue weighted by molar-refractivity contribution is -0.137. The molecule has 4 aliphatic rings. The summed E-state index contributed by atoms with van der Waals surface area (Å²) in [6, 6.07) is 2.03. The molecule has 1 saturated carbocycles. The standard InChI is InChI=1S/C37H34F8N6O2/c1-5-28(52)51-11-8-27(18(51)2)50(4)33-22-13-25(37(43,44)45)30(20-6-7-26(38)21-12-24(36(40,41)42)23(15-46)29(20)21)31(39)32(22)47-34(48-33)53-16-19-14-35(9-10-35)17-49(19)3/h5-7,13,18-19,27H,1,8-12,14,16-17H2,2-4H3/t18-,19+,27?/m1/s1. The number of ether oxygens (including phenoxy) is 1. The summed E-state index contributed by atoms with van der Waals surface area (Å²) < 4.78 is 125. The molecule has 2 aliphatic carbocycles. The topological polar surface area (TPSA) is 85.6 Å². The number of allylic oxidation sites excluding steroid dienone is 2. The number of rotatable bonds is 7. The Bertz CT molecular complexity index is 2120. The van der Waals surface area contributed by atoms with Crippen LogP contribution in [0.15, 0.2) is 36.4 Å². The van der Waals surface area contributed by atoms with Crippen LogP contribution < -0.4 is 9.64 Å². The number of likely N-dealkylation sites (tertiary alicyclic amines) is 2. The minimum absolute atomic E-state index is 0.0415. The zero-order valence-electron chi connectivity index (χ0n) is 28.9. The van der Waals surface area contributed by atoms with E-state index < -0.39 is 87.0 Å². The summed E-state index contributed by atoms with van der Waals surface area (Å²) in [5.74, 6) is -3.24. The number of fused-ring (bicyclic) bond motifs is 2. The van der Waals surface area contributed by atoms with E-state index in [1.54, 1.807) is 23.8 Å². The van der Waals surface area contributed by atoms with Crippen molar-refractivity contribution in [3.05, 3.63) is 64.8 Å². The highest BCUT2D eigenvalue weighted by molar-refractivity contribution is 5.99. The minimum atomic E-state index is -5.29. The molecule has 0 bridgehead atoms. The van der Waals surface area contributed by atoms with Crippen LogP contribution in [0.2, 0.25) is 0 Å². The largest absolute Gasteiger partial charge is 0.462 e. The Morgan fingerprint density at radius 1 is 1.15 bits per heavy atom. The van der Waals surface area contributed by atoms with Gasteiger partial charge in [0.25, 0.3) is 0 Å². The summed E-state index contributed by atoms with van der Waals surface area (Å²) in [5, 5.41) is 9.41. The Morgan fingerprint density at radius 2 is 1.87 bits per heavy atom. The van der Waals surface area contributed by atoms with Crippen molar-refractivity contribution in [2.24, 2.45) is 5.41 Å². The maximum atomic E-state index is 17.1. The number of nitriles is 1. The maximum absolute atomic E-state index is 17.1. The van der Waals surface area contributed by atoms with Crippen LogP contribution in [0.4, 0.5) is 40.9 Å². The second-order valence-corrected chi connectivity index (χ2v) is 14.5. The zero-order chi connectivity index (χ0) is 38.4. The number of halogens is 8. The number of amides is 1. The Hall–Kier alpha value is -4.78. The smallest absolute Gasteiger partial charge is 0.417 e. The van der Waals surface area contributed by atoms with Gasteiger partial charge >= 0.3 is 18.4 Å². The van der Waals surface area contributed by atoms with Gasteiger partial charge in [0.05, 0.1) is 22.8 Å². The highest BCUT2D eigenvalue weighted by atomic mass is 19.4. The van der Waals surface area contributed by atoms with E-state index in [4.69, 9.17) is 4.74 Å². The number of anilines is 1. The van der Waals surface area contributed by atoms with Crippen LogP contribution in [-0.4, -0.2) is 83.8 Å². The number of nitrogens with zero attached hydrogens (tertiary/aromatic N) is 6. The molecule has 2 saturated heterocycles. The number of carbonyl (C=O) groups is 1. The lowest BCUT2D eigenvalue weighted by atomic mass is 9.89. The zero-order valence-corrected chi connectivity index (χ0v) is 28.9. The first-order valence-electron chi connectivity index (χ1n) is 17.0. The molecule has 16 heteroatoms. The molecule has 2 aliphatic heterocycles. The number of benzene rings is 2. The second-order valence-electron chi connectivity index (χ2n) is 14.5. The average molecular weight is 747 g/mol. The number of aromatic nitrogens is 2. The quantitative estimate of drug-likeness (QED) is 0.183. The number of hydrogen-bond donors (Lipinski definition) is 0. The van der Waals surface area contributed by atoms with Crippen LogP contribution in [-0.2, 0) is 17.4 Å². The fourth-order valence-corrected chi connectivity index (χ4v) is 8.38. The molecule has 53 heavy (non-hydrogen) atoms. The highest BCUT2D eigenvalue weighted by Crippen LogP contribution is 2.54. The van der Waals surface area contributed by atoms with Gasteiger partial charge in [-0.1, -0.05) is 12.6 Å². The van der Waals surface area contributed by atoms with Crippen molar-refractivity contribution in [1.29, 1.82) is 5.26 Å². The molecule has 2 aromatic carbocycles. The Labute approximate surface area is 299 Å². The van der Waals surface area contributed by atoms with Crippen molar-refractivity contribution in [2.75, 3.05) is 38.7 Å². The molecule has 1 unspecified atom stereocenters. The Kier molecular flexibility index (Phi) is 8.74. The Balaban J connectivity index is 1.43. The van der Waals surface area contributed by atoms with Crippen LogP contribution in [0.25, 0.3) is 27.6 Å². The molecule has 3 aromatic rings. The van der Waals surface area contributed by atoms with E-state index in [9.17, 15) is 23.2 Å². The molecule has 3 fully saturated rings. The molecule has 7 rings (SSSR count). The summed E-state index contributed by atoms with van der Waals surface area (Å²) in [4.78, 5) is 26.5. The van der Waals surface area contributed by atoms with Crippen LogP contribution in [0.1, 0.15) is 49.3 Å². The number of carbonyl (C=O) groups excluding carboxylic acids is 1. The molecular weight excluding hydrogens is 712 g/mol. The van der Waals surface area contributed by atoms with Crippen molar-refractivity contribution < 1.29 is 44.7 Å². The summed E-state index contributed by atoms with van der Waals surface area (Å²) in [7, 11) is 3.49. The number of hydrogen-bond acceptors (Lipinski definition) is 7. The van der Waals surface area contributed by atoms with Gasteiger partial charge in [0.1, 0.15) is 29.8 Å². The van der Waals surface area contributed by atoms with E-state index in [1.807, 2.05) is 7.05 Å². The van der Waals surface area contributed by atoms with Crippen molar-refractivity contribution in [3.63, 3.8) is 0 Å². The Morgan fingerprint density at radius 3 is 2.47 bits per heavy atom. The van der Waals surface area contributed by atoms with Gasteiger partial charge in [-0.2, -0.15) is 41.6 Å². The first-order chi connectivity index (χ1) is 24.9. The summed E-state index contributed by atoms with van der Waals surface area (Å²) in [5.41, 5.74) is -7.93. The summed E-state index contributed by atoms with van der Waals surface area (Å²) >= 11 is 0. The highest BCUT2D eigenvalue weighted by Gasteiger charge is 2.51. The summed E-state index contributed by atoms with van der Waals surface area (Å²) in [6.45, 7) is 6.54. The van der Waals surface area contributed by atoms with E-state index in [0.29, 0.717) is 25.1 Å². The normalized spacial score (nSPS) is 22.5. The van der Waals surface area contributed by atoms with Crippen LogP contribution in [0.5, 0.6) is 6.01 Å². The van der Waals surface area contributed by atoms with Crippen LogP contribution >= 0.6 is 0 Å². The fraction of sp³-hybridized carbons (Fsp3) is 0.459. The molecule has 3 atom stereocenters.